The summed E-state index contributed by atoms with van der Waals surface area (Å²) < 4.78 is 0. The minimum absolute atomic E-state index is 0.0693. The van der Waals surface area contributed by atoms with Crippen LogP contribution in [-0.2, 0) is 4.79 Å². The zero-order valence-electron chi connectivity index (χ0n) is 9.30. The minimum Gasteiger partial charge on any atom is -0.396 e. The number of hydrogen-bond donors (Lipinski definition) is 3. The highest BCUT2D eigenvalue weighted by Crippen LogP contribution is 2.17. The average Bonchev–Trinajstić information content (AvgIpc) is 2.74. The Morgan fingerprint density at radius 2 is 2.00 bits per heavy atom. The van der Waals surface area contributed by atoms with Crippen molar-refractivity contribution in [3.8, 4) is 0 Å². The van der Waals surface area contributed by atoms with Crippen LogP contribution in [0.15, 0.2) is 0 Å². The molecule has 4 heteroatoms. The summed E-state index contributed by atoms with van der Waals surface area (Å²) in [6.45, 7) is 1.31. The Bertz CT molecular complexity index is 179. The molecule has 15 heavy (non-hydrogen) atoms. The maximum absolute atomic E-state index is 11.3. The molecule has 1 aliphatic rings. The van der Waals surface area contributed by atoms with Gasteiger partial charge in [-0.3, -0.25) is 4.79 Å². The van der Waals surface area contributed by atoms with Crippen LogP contribution in [0.5, 0.6) is 0 Å². The molecule has 88 valence electrons. The largest absolute Gasteiger partial charge is 0.396 e. The SMILES string of the molecule is O=C(CNC1CCCC1)NCCCCO. The van der Waals surface area contributed by atoms with Gasteiger partial charge < -0.3 is 15.7 Å². The lowest BCUT2D eigenvalue weighted by Gasteiger charge is -2.11. The van der Waals surface area contributed by atoms with Gasteiger partial charge in [0.25, 0.3) is 0 Å². The fourth-order valence-corrected chi connectivity index (χ4v) is 1.89. The lowest BCUT2D eigenvalue weighted by Crippen LogP contribution is -2.38. The molecule has 0 aliphatic heterocycles. The number of rotatable bonds is 7. The van der Waals surface area contributed by atoms with Gasteiger partial charge in [0.05, 0.1) is 6.54 Å². The third kappa shape index (κ3) is 5.74. The summed E-state index contributed by atoms with van der Waals surface area (Å²) in [5.74, 6) is 0.0693. The van der Waals surface area contributed by atoms with Crippen molar-refractivity contribution in [1.82, 2.24) is 10.6 Å². The maximum atomic E-state index is 11.3. The van der Waals surface area contributed by atoms with Gasteiger partial charge in [-0.1, -0.05) is 12.8 Å². The van der Waals surface area contributed by atoms with Crippen LogP contribution in [0.25, 0.3) is 0 Å². The van der Waals surface area contributed by atoms with E-state index in [1.54, 1.807) is 0 Å². The van der Waals surface area contributed by atoms with Crippen LogP contribution in [0.2, 0.25) is 0 Å². The summed E-state index contributed by atoms with van der Waals surface area (Å²) in [5.41, 5.74) is 0. The Kier molecular flexibility index (Phi) is 6.36. The molecular weight excluding hydrogens is 192 g/mol. The van der Waals surface area contributed by atoms with Gasteiger partial charge in [-0.15, -0.1) is 0 Å². The van der Waals surface area contributed by atoms with Crippen molar-refractivity contribution in [3.05, 3.63) is 0 Å². The van der Waals surface area contributed by atoms with Crippen molar-refractivity contribution in [3.63, 3.8) is 0 Å². The third-order valence-corrected chi connectivity index (χ3v) is 2.81. The second-order valence-corrected chi connectivity index (χ2v) is 4.14. The van der Waals surface area contributed by atoms with E-state index >= 15 is 0 Å². The molecule has 1 amide bonds. The fourth-order valence-electron chi connectivity index (χ4n) is 1.89. The molecule has 0 unspecified atom stereocenters. The molecule has 3 N–H and O–H groups in total. The quantitative estimate of drug-likeness (QED) is 0.538. The molecule has 0 spiro atoms. The van der Waals surface area contributed by atoms with E-state index in [0.29, 0.717) is 19.1 Å². The molecule has 4 nitrogen and oxygen atoms in total. The second kappa shape index (κ2) is 7.65. The van der Waals surface area contributed by atoms with Gasteiger partial charge in [-0.2, -0.15) is 0 Å². The Morgan fingerprint density at radius 3 is 2.67 bits per heavy atom. The molecule has 0 aromatic rings. The Balaban J connectivity index is 1.93. The molecule has 0 bridgehead atoms. The Morgan fingerprint density at radius 1 is 1.27 bits per heavy atom. The molecule has 0 aromatic heterocycles. The molecule has 1 fully saturated rings. The van der Waals surface area contributed by atoms with Crippen LogP contribution in [-0.4, -0.2) is 36.8 Å². The van der Waals surface area contributed by atoms with Crippen LogP contribution in [0.1, 0.15) is 38.5 Å². The third-order valence-electron chi connectivity index (χ3n) is 2.81. The summed E-state index contributed by atoms with van der Waals surface area (Å²) in [6, 6.07) is 0.549. The molecule has 1 rings (SSSR count). The number of nitrogens with one attached hydrogen (secondary N) is 2. The standard InChI is InChI=1S/C11H22N2O2/c14-8-4-3-7-12-11(15)9-13-10-5-1-2-6-10/h10,13-14H,1-9H2,(H,12,15). The van der Waals surface area contributed by atoms with Gasteiger partial charge in [-0.05, 0) is 25.7 Å². The molecule has 1 saturated carbocycles. The normalized spacial score (nSPS) is 16.9. The highest BCUT2D eigenvalue weighted by Gasteiger charge is 2.14. The van der Waals surface area contributed by atoms with Gasteiger partial charge in [-0.25, -0.2) is 0 Å². The van der Waals surface area contributed by atoms with Crippen molar-refractivity contribution >= 4 is 5.91 Å². The van der Waals surface area contributed by atoms with Crippen LogP contribution < -0.4 is 10.6 Å². The number of amides is 1. The number of aliphatic hydroxyl groups is 1. The zero-order valence-corrected chi connectivity index (χ0v) is 9.30. The van der Waals surface area contributed by atoms with Gasteiger partial charge in [0.2, 0.25) is 5.91 Å². The van der Waals surface area contributed by atoms with E-state index in [0.717, 1.165) is 12.8 Å². The van der Waals surface area contributed by atoms with Crippen LogP contribution in [0.4, 0.5) is 0 Å². The van der Waals surface area contributed by atoms with E-state index in [1.165, 1.54) is 25.7 Å². The molecule has 0 saturated heterocycles. The Labute approximate surface area is 91.4 Å². The smallest absolute Gasteiger partial charge is 0.233 e. The van der Waals surface area contributed by atoms with Crippen LogP contribution in [0.3, 0.4) is 0 Å². The van der Waals surface area contributed by atoms with E-state index in [1.807, 2.05) is 0 Å². The molecule has 1 aliphatic carbocycles. The zero-order chi connectivity index (χ0) is 10.9. The van der Waals surface area contributed by atoms with Crippen molar-refractivity contribution in [1.29, 1.82) is 0 Å². The first-order chi connectivity index (χ1) is 7.33. The topological polar surface area (TPSA) is 61.4 Å². The Hall–Kier alpha value is -0.610. The number of hydrogen-bond acceptors (Lipinski definition) is 3. The predicted octanol–water partition coefficient (Wildman–Crippen LogP) is 0.407. The predicted molar refractivity (Wildman–Crippen MR) is 59.6 cm³/mol. The molecule has 0 atom stereocenters. The van der Waals surface area contributed by atoms with Gasteiger partial charge >= 0.3 is 0 Å². The highest BCUT2D eigenvalue weighted by molar-refractivity contribution is 5.77. The van der Waals surface area contributed by atoms with Crippen molar-refractivity contribution in [2.45, 2.75) is 44.6 Å². The molecular formula is C11H22N2O2. The number of aliphatic hydroxyl groups excluding tert-OH is 1. The number of carbonyl (C=O) groups excluding carboxylic acids is 1. The molecule has 0 heterocycles. The van der Waals surface area contributed by atoms with E-state index in [2.05, 4.69) is 10.6 Å². The number of unbranched alkanes of at least 4 members (excludes halogenated alkanes) is 1. The van der Waals surface area contributed by atoms with E-state index < -0.39 is 0 Å². The number of carbonyl (C=O) groups is 1. The van der Waals surface area contributed by atoms with Crippen molar-refractivity contribution in [2.24, 2.45) is 0 Å². The molecule has 0 aromatic carbocycles. The van der Waals surface area contributed by atoms with Gasteiger partial charge in [0.1, 0.15) is 0 Å². The average molecular weight is 214 g/mol. The highest BCUT2D eigenvalue weighted by atomic mass is 16.2. The summed E-state index contributed by atoms with van der Waals surface area (Å²) in [7, 11) is 0. The van der Waals surface area contributed by atoms with E-state index in [-0.39, 0.29) is 12.5 Å². The summed E-state index contributed by atoms with van der Waals surface area (Å²) in [5, 5.41) is 14.6. The van der Waals surface area contributed by atoms with E-state index in [4.69, 9.17) is 5.11 Å². The first-order valence-electron chi connectivity index (χ1n) is 5.94. The monoisotopic (exact) mass is 214 g/mol. The van der Waals surface area contributed by atoms with Crippen molar-refractivity contribution < 1.29 is 9.90 Å². The van der Waals surface area contributed by atoms with Gasteiger partial charge in [0, 0.05) is 19.2 Å². The van der Waals surface area contributed by atoms with Gasteiger partial charge in [0.15, 0.2) is 0 Å². The first-order valence-corrected chi connectivity index (χ1v) is 5.94. The van der Waals surface area contributed by atoms with E-state index in [9.17, 15) is 4.79 Å². The summed E-state index contributed by atoms with van der Waals surface area (Å²) >= 11 is 0. The maximum Gasteiger partial charge on any atom is 0.233 e. The lowest BCUT2D eigenvalue weighted by molar-refractivity contribution is -0.120. The lowest BCUT2D eigenvalue weighted by atomic mass is 10.2. The van der Waals surface area contributed by atoms with Crippen molar-refractivity contribution in [2.75, 3.05) is 19.7 Å². The first kappa shape index (κ1) is 12.5. The summed E-state index contributed by atoms with van der Waals surface area (Å²) in [6.07, 6.45) is 6.60. The minimum atomic E-state index is 0.0693. The fraction of sp³-hybridized carbons (Fsp3) is 0.909. The van der Waals surface area contributed by atoms with Crippen LogP contribution in [0, 0.1) is 0 Å². The second-order valence-electron chi connectivity index (χ2n) is 4.14. The molecule has 0 radical (unpaired) electrons. The summed E-state index contributed by atoms with van der Waals surface area (Å²) in [4.78, 5) is 11.3. The van der Waals surface area contributed by atoms with Crippen LogP contribution >= 0.6 is 0 Å².